The van der Waals surface area contributed by atoms with E-state index in [-0.39, 0.29) is 24.9 Å². The molecule has 1 aromatic carbocycles. The van der Waals surface area contributed by atoms with Crippen LogP contribution in [-0.4, -0.2) is 46.4 Å². The van der Waals surface area contributed by atoms with E-state index in [4.69, 9.17) is 4.74 Å². The Morgan fingerprint density at radius 1 is 1.10 bits per heavy atom. The zero-order valence-electron chi connectivity index (χ0n) is 11.9. The largest absolute Gasteiger partial charge is 0.497 e. The highest BCUT2D eigenvalue weighted by Gasteiger charge is 2.14. The van der Waals surface area contributed by atoms with Gasteiger partial charge in [-0.2, -0.15) is 0 Å². The number of hydrogen-bond acceptors (Lipinski definition) is 6. The molecule has 0 fully saturated rings. The fourth-order valence-electron chi connectivity index (χ4n) is 1.66. The first kappa shape index (κ1) is 15.8. The minimum atomic E-state index is -0.377. The maximum atomic E-state index is 11.5. The number of methoxy groups -OCH3 is 3. The van der Waals surface area contributed by atoms with Crippen LogP contribution in [0.2, 0.25) is 0 Å². The fourth-order valence-corrected chi connectivity index (χ4v) is 1.66. The Labute approximate surface area is 118 Å². The van der Waals surface area contributed by atoms with E-state index >= 15 is 0 Å². The summed E-state index contributed by atoms with van der Waals surface area (Å²) in [4.78, 5) is 24.4. The van der Waals surface area contributed by atoms with Crippen LogP contribution >= 0.6 is 0 Å². The lowest BCUT2D eigenvalue weighted by Crippen LogP contribution is -2.32. The second kappa shape index (κ2) is 8.04. The summed E-state index contributed by atoms with van der Waals surface area (Å²) in [5.74, 6) is -0.0316. The van der Waals surface area contributed by atoms with Gasteiger partial charge in [-0.25, -0.2) is 0 Å². The first-order chi connectivity index (χ1) is 9.60. The number of carbonyl (C=O) groups excluding carboxylic acids is 2. The van der Waals surface area contributed by atoms with Crippen LogP contribution in [0.3, 0.4) is 0 Å². The summed E-state index contributed by atoms with van der Waals surface area (Å²) >= 11 is 0. The van der Waals surface area contributed by atoms with Crippen LogP contribution in [0.25, 0.3) is 0 Å². The van der Waals surface area contributed by atoms with Gasteiger partial charge < -0.3 is 19.1 Å². The van der Waals surface area contributed by atoms with Gasteiger partial charge in [0.15, 0.2) is 0 Å². The van der Waals surface area contributed by atoms with Crippen LogP contribution < -0.4 is 9.64 Å². The molecule has 0 aliphatic carbocycles. The molecule has 0 N–H and O–H groups in total. The second-order valence-corrected chi connectivity index (χ2v) is 4.03. The molecule has 0 saturated carbocycles. The standard InChI is InChI=1S/C14H19NO5/c1-18-12-6-4-5-11(9-12)15(10-14(17)20-3)8-7-13(16)19-2/h4-6,9H,7-8,10H2,1-3H3. The third-order valence-corrected chi connectivity index (χ3v) is 2.78. The molecular formula is C14H19NO5. The predicted octanol–water partition coefficient (Wildman–Crippen LogP) is 1.24. The molecule has 0 bridgehead atoms. The van der Waals surface area contributed by atoms with Gasteiger partial charge in [-0.3, -0.25) is 9.59 Å². The Hall–Kier alpha value is -2.24. The Balaban J connectivity index is 2.84. The number of anilines is 1. The summed E-state index contributed by atoms with van der Waals surface area (Å²) in [6.45, 7) is 0.412. The summed E-state index contributed by atoms with van der Waals surface area (Å²) in [5, 5.41) is 0. The maximum Gasteiger partial charge on any atom is 0.325 e. The van der Waals surface area contributed by atoms with Crippen LogP contribution in [0.4, 0.5) is 5.69 Å². The molecule has 6 nitrogen and oxygen atoms in total. The molecule has 0 radical (unpaired) electrons. The van der Waals surface area contributed by atoms with Crippen molar-refractivity contribution in [2.24, 2.45) is 0 Å². The first-order valence-corrected chi connectivity index (χ1v) is 6.13. The first-order valence-electron chi connectivity index (χ1n) is 6.13. The predicted molar refractivity (Wildman–Crippen MR) is 73.9 cm³/mol. The summed E-state index contributed by atoms with van der Waals surface area (Å²) in [7, 11) is 4.23. The lowest BCUT2D eigenvalue weighted by atomic mass is 10.2. The van der Waals surface area contributed by atoms with Gasteiger partial charge in [0, 0.05) is 18.3 Å². The van der Waals surface area contributed by atoms with Gasteiger partial charge in [0.2, 0.25) is 0 Å². The van der Waals surface area contributed by atoms with Gasteiger partial charge in [-0.15, -0.1) is 0 Å². The zero-order chi connectivity index (χ0) is 15.0. The van der Waals surface area contributed by atoms with Crippen LogP contribution in [-0.2, 0) is 19.1 Å². The van der Waals surface area contributed by atoms with Crippen LogP contribution in [0.5, 0.6) is 5.75 Å². The molecule has 1 aromatic rings. The van der Waals surface area contributed by atoms with Crippen LogP contribution in [0, 0.1) is 0 Å². The Kier molecular flexibility index (Phi) is 6.36. The Morgan fingerprint density at radius 3 is 2.40 bits per heavy atom. The molecule has 6 heteroatoms. The van der Waals surface area contributed by atoms with E-state index in [0.717, 1.165) is 5.69 Å². The number of hydrogen-bond donors (Lipinski definition) is 0. The van der Waals surface area contributed by atoms with Gasteiger partial charge in [-0.05, 0) is 12.1 Å². The van der Waals surface area contributed by atoms with Crippen molar-refractivity contribution in [3.05, 3.63) is 24.3 Å². The number of rotatable bonds is 7. The average Bonchev–Trinajstić information content (AvgIpc) is 2.50. The van der Waals surface area contributed by atoms with E-state index in [1.807, 2.05) is 12.1 Å². The molecule has 0 atom stereocenters. The van der Waals surface area contributed by atoms with Crippen molar-refractivity contribution in [1.29, 1.82) is 0 Å². The number of nitrogens with zero attached hydrogens (tertiary/aromatic N) is 1. The van der Waals surface area contributed by atoms with Gasteiger partial charge in [0.1, 0.15) is 12.3 Å². The highest BCUT2D eigenvalue weighted by Crippen LogP contribution is 2.21. The molecule has 110 valence electrons. The molecule has 0 spiro atoms. The summed E-state index contributed by atoms with van der Waals surface area (Å²) in [6.07, 6.45) is 0.185. The number of benzene rings is 1. The quantitative estimate of drug-likeness (QED) is 0.701. The maximum absolute atomic E-state index is 11.5. The molecular weight excluding hydrogens is 262 g/mol. The molecule has 0 aliphatic rings. The molecule has 20 heavy (non-hydrogen) atoms. The van der Waals surface area contributed by atoms with Crippen molar-refractivity contribution >= 4 is 17.6 Å². The van der Waals surface area contributed by atoms with E-state index in [1.165, 1.54) is 14.2 Å². The molecule has 0 amide bonds. The van der Waals surface area contributed by atoms with E-state index in [9.17, 15) is 9.59 Å². The monoisotopic (exact) mass is 281 g/mol. The summed E-state index contributed by atoms with van der Waals surface area (Å²) in [6, 6.07) is 7.25. The van der Waals surface area contributed by atoms with E-state index in [0.29, 0.717) is 12.3 Å². The number of esters is 2. The lowest BCUT2D eigenvalue weighted by molar-refractivity contribution is -0.141. The van der Waals surface area contributed by atoms with Crippen molar-refractivity contribution in [3.63, 3.8) is 0 Å². The normalized spacial score (nSPS) is 9.75. The van der Waals surface area contributed by atoms with E-state index < -0.39 is 0 Å². The molecule has 0 saturated heterocycles. The van der Waals surface area contributed by atoms with Crippen molar-refractivity contribution < 1.29 is 23.8 Å². The molecule has 0 heterocycles. The van der Waals surface area contributed by atoms with Gasteiger partial charge in [-0.1, -0.05) is 6.07 Å². The van der Waals surface area contributed by atoms with Crippen LogP contribution in [0.1, 0.15) is 6.42 Å². The zero-order valence-corrected chi connectivity index (χ0v) is 11.9. The smallest absolute Gasteiger partial charge is 0.325 e. The van der Waals surface area contributed by atoms with Crippen LogP contribution in [0.15, 0.2) is 24.3 Å². The lowest BCUT2D eigenvalue weighted by Gasteiger charge is -2.23. The SMILES string of the molecule is COC(=O)CCN(CC(=O)OC)c1cccc(OC)c1. The Morgan fingerprint density at radius 2 is 1.80 bits per heavy atom. The summed E-state index contributed by atoms with van der Waals surface area (Å²) in [5.41, 5.74) is 0.777. The molecule has 0 unspecified atom stereocenters. The minimum Gasteiger partial charge on any atom is -0.497 e. The van der Waals surface area contributed by atoms with Crippen molar-refractivity contribution in [2.75, 3.05) is 39.3 Å². The molecule has 0 aliphatic heterocycles. The van der Waals surface area contributed by atoms with Gasteiger partial charge in [0.05, 0.1) is 27.8 Å². The third-order valence-electron chi connectivity index (χ3n) is 2.78. The van der Waals surface area contributed by atoms with Crippen molar-refractivity contribution in [2.45, 2.75) is 6.42 Å². The molecule has 1 rings (SSSR count). The van der Waals surface area contributed by atoms with E-state index in [1.54, 1.807) is 24.1 Å². The Bertz CT molecular complexity index is 461. The minimum absolute atomic E-state index is 0.0562. The van der Waals surface area contributed by atoms with Gasteiger partial charge in [0.25, 0.3) is 0 Å². The topological polar surface area (TPSA) is 65.1 Å². The van der Waals surface area contributed by atoms with E-state index in [2.05, 4.69) is 9.47 Å². The number of carbonyl (C=O) groups is 2. The van der Waals surface area contributed by atoms with Gasteiger partial charge >= 0.3 is 11.9 Å². The highest BCUT2D eigenvalue weighted by molar-refractivity contribution is 5.76. The third kappa shape index (κ3) is 4.79. The summed E-state index contributed by atoms with van der Waals surface area (Å²) < 4.78 is 14.4. The van der Waals surface area contributed by atoms with Crippen molar-refractivity contribution in [1.82, 2.24) is 0 Å². The fraction of sp³-hybridized carbons (Fsp3) is 0.429. The van der Waals surface area contributed by atoms with Crippen molar-refractivity contribution in [3.8, 4) is 5.75 Å². The second-order valence-electron chi connectivity index (χ2n) is 4.03. The molecule has 0 aromatic heterocycles. The number of ether oxygens (including phenoxy) is 3. The average molecular weight is 281 g/mol. The highest BCUT2D eigenvalue weighted by atomic mass is 16.5.